The van der Waals surface area contributed by atoms with Gasteiger partial charge in [0.1, 0.15) is 11.6 Å². The fraction of sp³-hybridized carbons (Fsp3) is 0.182. The fourth-order valence-electron chi connectivity index (χ4n) is 0.982. The van der Waals surface area contributed by atoms with Gasteiger partial charge in [-0.05, 0) is 12.1 Å². The summed E-state index contributed by atoms with van der Waals surface area (Å²) in [4.78, 5) is 12.9. The van der Waals surface area contributed by atoms with E-state index >= 15 is 0 Å². The Hall–Kier alpha value is -1.91. The second-order valence-electron chi connectivity index (χ2n) is 3.39. The minimum Gasteiger partial charge on any atom is -0.383 e. The minimum absolute atomic E-state index is 0.0465. The Bertz CT molecular complexity index is 416. The van der Waals surface area contributed by atoms with Gasteiger partial charge >= 0.3 is 0 Å². The van der Waals surface area contributed by atoms with Gasteiger partial charge in [0.25, 0.3) is 0 Å². The zero-order chi connectivity index (χ0) is 12.1. The van der Waals surface area contributed by atoms with Crippen LogP contribution in [0, 0.1) is 11.6 Å². The van der Waals surface area contributed by atoms with Gasteiger partial charge in [0.2, 0.25) is 5.91 Å². The van der Waals surface area contributed by atoms with E-state index in [4.69, 9.17) is 0 Å². The van der Waals surface area contributed by atoms with Crippen LogP contribution < -0.4 is 5.32 Å². The quantitative estimate of drug-likeness (QED) is 0.799. The van der Waals surface area contributed by atoms with Crippen LogP contribution in [-0.4, -0.2) is 24.9 Å². The summed E-state index contributed by atoms with van der Waals surface area (Å²) >= 11 is 0. The van der Waals surface area contributed by atoms with Crippen molar-refractivity contribution in [2.45, 2.75) is 0 Å². The van der Waals surface area contributed by atoms with Gasteiger partial charge in [0.05, 0.1) is 5.69 Å². The molecule has 0 unspecified atom stereocenters. The number of carbonyl (C=O) groups is 1. The van der Waals surface area contributed by atoms with Crippen molar-refractivity contribution < 1.29 is 13.6 Å². The highest BCUT2D eigenvalue weighted by molar-refractivity contribution is 5.99. The molecule has 0 spiro atoms. The number of halogens is 2. The van der Waals surface area contributed by atoms with Gasteiger partial charge in [-0.3, -0.25) is 4.79 Å². The predicted octanol–water partition coefficient (Wildman–Crippen LogP) is 1.98. The molecule has 0 saturated carbocycles. The zero-order valence-electron chi connectivity index (χ0n) is 9.00. The Morgan fingerprint density at radius 1 is 1.38 bits per heavy atom. The van der Waals surface area contributed by atoms with Crippen LogP contribution in [0.1, 0.15) is 0 Å². The molecule has 1 rings (SSSR count). The van der Waals surface area contributed by atoms with Crippen LogP contribution in [-0.2, 0) is 4.79 Å². The lowest BCUT2D eigenvalue weighted by molar-refractivity contribution is -0.112. The van der Waals surface area contributed by atoms with E-state index in [-0.39, 0.29) is 5.69 Å². The van der Waals surface area contributed by atoms with Gasteiger partial charge < -0.3 is 10.2 Å². The molecule has 86 valence electrons. The van der Waals surface area contributed by atoms with E-state index in [0.717, 1.165) is 6.07 Å². The summed E-state index contributed by atoms with van der Waals surface area (Å²) in [5, 5.41) is 2.30. The molecule has 0 atom stereocenters. The summed E-state index contributed by atoms with van der Waals surface area (Å²) in [7, 11) is 3.50. The number of benzene rings is 1. The number of rotatable bonds is 3. The largest absolute Gasteiger partial charge is 0.383 e. The standard InChI is InChI=1S/C11H12F2N2O/c1-15(2)6-5-11(16)14-10-4-3-8(12)7-9(10)13/h3-7H,1-2H3,(H,14,16). The van der Waals surface area contributed by atoms with Crippen molar-refractivity contribution in [2.24, 2.45) is 0 Å². The van der Waals surface area contributed by atoms with Crippen molar-refractivity contribution in [3.05, 3.63) is 42.1 Å². The maximum atomic E-state index is 13.1. The molecule has 1 amide bonds. The lowest BCUT2D eigenvalue weighted by Crippen LogP contribution is -2.11. The van der Waals surface area contributed by atoms with Gasteiger partial charge in [-0.25, -0.2) is 8.78 Å². The summed E-state index contributed by atoms with van der Waals surface area (Å²) in [5.74, 6) is -1.95. The average Bonchev–Trinajstić information content (AvgIpc) is 2.19. The van der Waals surface area contributed by atoms with E-state index in [2.05, 4.69) is 5.32 Å². The average molecular weight is 226 g/mol. The Morgan fingerprint density at radius 2 is 2.06 bits per heavy atom. The number of amides is 1. The van der Waals surface area contributed by atoms with Gasteiger partial charge in [-0.2, -0.15) is 0 Å². The molecule has 3 nitrogen and oxygen atoms in total. The predicted molar refractivity (Wildman–Crippen MR) is 57.8 cm³/mol. The van der Waals surface area contributed by atoms with Crippen LogP contribution >= 0.6 is 0 Å². The number of nitrogens with one attached hydrogen (secondary N) is 1. The Morgan fingerprint density at radius 3 is 2.62 bits per heavy atom. The SMILES string of the molecule is CN(C)C=CC(=O)Nc1ccc(F)cc1F. The van der Waals surface area contributed by atoms with Crippen LogP contribution in [0.4, 0.5) is 14.5 Å². The first-order valence-corrected chi connectivity index (χ1v) is 4.59. The molecule has 0 aromatic heterocycles. The molecule has 0 saturated heterocycles. The smallest absolute Gasteiger partial charge is 0.249 e. The molecule has 0 bridgehead atoms. The minimum atomic E-state index is -0.799. The summed E-state index contributed by atoms with van der Waals surface area (Å²) in [5.41, 5.74) is -0.0465. The van der Waals surface area contributed by atoms with E-state index in [1.165, 1.54) is 18.3 Å². The summed E-state index contributed by atoms with van der Waals surface area (Å²) in [6.45, 7) is 0. The van der Waals surface area contributed by atoms with Crippen molar-refractivity contribution >= 4 is 11.6 Å². The van der Waals surface area contributed by atoms with Crippen LogP contribution in [0.2, 0.25) is 0 Å². The third kappa shape index (κ3) is 3.68. The highest BCUT2D eigenvalue weighted by atomic mass is 19.1. The number of anilines is 1. The Kier molecular flexibility index (Phi) is 3.99. The van der Waals surface area contributed by atoms with Crippen LogP contribution in [0.3, 0.4) is 0 Å². The first-order chi connectivity index (χ1) is 7.49. The molecule has 1 aromatic carbocycles. The second-order valence-corrected chi connectivity index (χ2v) is 3.39. The maximum Gasteiger partial charge on any atom is 0.249 e. The molecule has 0 aliphatic heterocycles. The van der Waals surface area contributed by atoms with E-state index in [1.54, 1.807) is 19.0 Å². The number of nitrogens with zero attached hydrogens (tertiary/aromatic N) is 1. The first-order valence-electron chi connectivity index (χ1n) is 4.59. The van der Waals surface area contributed by atoms with Crippen molar-refractivity contribution in [1.29, 1.82) is 0 Å². The van der Waals surface area contributed by atoms with E-state index in [9.17, 15) is 13.6 Å². The number of hydrogen-bond acceptors (Lipinski definition) is 2. The molecule has 0 heterocycles. The van der Waals surface area contributed by atoms with Gasteiger partial charge in [0, 0.05) is 32.4 Å². The summed E-state index contributed by atoms with van der Waals surface area (Å²) in [6.07, 6.45) is 2.78. The van der Waals surface area contributed by atoms with E-state index in [1.807, 2.05) is 0 Å². The highest BCUT2D eigenvalue weighted by Crippen LogP contribution is 2.14. The highest BCUT2D eigenvalue weighted by Gasteiger charge is 2.05. The van der Waals surface area contributed by atoms with Crippen LogP contribution in [0.25, 0.3) is 0 Å². The Balaban J connectivity index is 2.70. The normalized spacial score (nSPS) is 10.5. The second kappa shape index (κ2) is 5.25. The third-order valence-corrected chi connectivity index (χ3v) is 1.71. The summed E-state index contributed by atoms with van der Waals surface area (Å²) < 4.78 is 25.7. The van der Waals surface area contributed by atoms with Gasteiger partial charge in [0.15, 0.2) is 0 Å². The monoisotopic (exact) mass is 226 g/mol. The zero-order valence-corrected chi connectivity index (χ0v) is 9.00. The van der Waals surface area contributed by atoms with E-state index in [0.29, 0.717) is 6.07 Å². The van der Waals surface area contributed by atoms with Crippen molar-refractivity contribution in [3.8, 4) is 0 Å². The first kappa shape index (κ1) is 12.2. The summed E-state index contributed by atoms with van der Waals surface area (Å²) in [6, 6.07) is 2.96. The third-order valence-electron chi connectivity index (χ3n) is 1.71. The van der Waals surface area contributed by atoms with Crippen molar-refractivity contribution in [2.75, 3.05) is 19.4 Å². The lowest BCUT2D eigenvalue weighted by Gasteiger charge is -2.05. The van der Waals surface area contributed by atoms with Crippen LogP contribution in [0.5, 0.6) is 0 Å². The van der Waals surface area contributed by atoms with Gasteiger partial charge in [-0.1, -0.05) is 0 Å². The molecule has 0 aliphatic carbocycles. The molecule has 0 radical (unpaired) electrons. The molecule has 1 aromatic rings. The number of hydrogen-bond donors (Lipinski definition) is 1. The molecular weight excluding hydrogens is 214 g/mol. The van der Waals surface area contributed by atoms with Crippen LogP contribution in [0.15, 0.2) is 30.5 Å². The van der Waals surface area contributed by atoms with E-state index < -0.39 is 17.5 Å². The van der Waals surface area contributed by atoms with Crippen molar-refractivity contribution in [3.63, 3.8) is 0 Å². The molecule has 1 N–H and O–H groups in total. The van der Waals surface area contributed by atoms with Crippen molar-refractivity contribution in [1.82, 2.24) is 4.90 Å². The van der Waals surface area contributed by atoms with Gasteiger partial charge in [-0.15, -0.1) is 0 Å². The fourth-order valence-corrected chi connectivity index (χ4v) is 0.982. The molecule has 5 heteroatoms. The molecular formula is C11H12F2N2O. The molecule has 16 heavy (non-hydrogen) atoms. The lowest BCUT2D eigenvalue weighted by atomic mass is 10.3. The molecule has 0 aliphatic rings. The Labute approximate surface area is 92.4 Å². The number of carbonyl (C=O) groups excluding carboxylic acids is 1. The topological polar surface area (TPSA) is 32.3 Å². The molecule has 0 fully saturated rings. The maximum absolute atomic E-state index is 13.1.